The number of nitrogens with one attached hydrogen (secondary N) is 1. The standard InChI is InChI=1S/C16H15N3O3S/c1-21-13-4-2-11(3-5-13)15-18-14(22-19-15)6-8-17-16(20)12-7-9-23-10-12/h2-5,7,9-10H,6,8H2,1H3,(H,17,20). The fraction of sp³-hybridized carbons (Fsp3) is 0.188. The van der Waals surface area contributed by atoms with Gasteiger partial charge in [-0.3, -0.25) is 4.79 Å². The molecule has 3 aromatic rings. The second-order valence-electron chi connectivity index (χ2n) is 4.76. The summed E-state index contributed by atoms with van der Waals surface area (Å²) < 4.78 is 10.3. The highest BCUT2D eigenvalue weighted by atomic mass is 32.1. The molecule has 0 aliphatic rings. The van der Waals surface area contributed by atoms with Gasteiger partial charge < -0.3 is 14.6 Å². The Morgan fingerprint density at radius 3 is 2.83 bits per heavy atom. The quantitative estimate of drug-likeness (QED) is 0.752. The Balaban J connectivity index is 1.55. The smallest absolute Gasteiger partial charge is 0.252 e. The SMILES string of the molecule is COc1ccc(-c2noc(CCNC(=O)c3ccsc3)n2)cc1. The van der Waals surface area contributed by atoms with E-state index < -0.39 is 0 Å². The Labute approximate surface area is 137 Å². The zero-order valence-electron chi connectivity index (χ0n) is 12.5. The van der Waals surface area contributed by atoms with Gasteiger partial charge in [-0.15, -0.1) is 0 Å². The third kappa shape index (κ3) is 3.75. The molecule has 7 heteroatoms. The summed E-state index contributed by atoms with van der Waals surface area (Å²) >= 11 is 1.49. The molecule has 3 rings (SSSR count). The van der Waals surface area contributed by atoms with Gasteiger partial charge in [0.2, 0.25) is 11.7 Å². The molecular weight excluding hydrogens is 314 g/mol. The monoisotopic (exact) mass is 329 g/mol. The predicted octanol–water partition coefficient (Wildman–Crippen LogP) is 2.78. The average molecular weight is 329 g/mol. The third-order valence-corrected chi connectivity index (χ3v) is 3.91. The molecule has 0 saturated carbocycles. The van der Waals surface area contributed by atoms with Gasteiger partial charge in [0.25, 0.3) is 5.91 Å². The molecule has 0 radical (unpaired) electrons. The van der Waals surface area contributed by atoms with Crippen molar-refractivity contribution in [1.29, 1.82) is 0 Å². The Morgan fingerprint density at radius 1 is 1.30 bits per heavy atom. The Morgan fingerprint density at radius 2 is 2.13 bits per heavy atom. The van der Waals surface area contributed by atoms with Crippen LogP contribution in [0.2, 0.25) is 0 Å². The summed E-state index contributed by atoms with van der Waals surface area (Å²) in [4.78, 5) is 16.1. The summed E-state index contributed by atoms with van der Waals surface area (Å²) in [5.74, 6) is 1.68. The Hall–Kier alpha value is -2.67. The molecule has 1 aromatic carbocycles. The number of carbonyl (C=O) groups is 1. The molecule has 6 nitrogen and oxygen atoms in total. The number of amides is 1. The van der Waals surface area contributed by atoms with Crippen molar-refractivity contribution in [3.8, 4) is 17.1 Å². The third-order valence-electron chi connectivity index (χ3n) is 3.22. The minimum absolute atomic E-state index is 0.0962. The molecule has 2 heterocycles. The summed E-state index contributed by atoms with van der Waals surface area (Å²) in [5, 5.41) is 10.5. The topological polar surface area (TPSA) is 77.3 Å². The first-order valence-electron chi connectivity index (χ1n) is 7.03. The van der Waals surface area contributed by atoms with Crippen molar-refractivity contribution < 1.29 is 14.1 Å². The van der Waals surface area contributed by atoms with Crippen molar-refractivity contribution >= 4 is 17.2 Å². The van der Waals surface area contributed by atoms with Crippen LogP contribution in [0.5, 0.6) is 5.75 Å². The highest BCUT2D eigenvalue weighted by molar-refractivity contribution is 7.08. The van der Waals surface area contributed by atoms with Gasteiger partial charge in [-0.25, -0.2) is 0 Å². The molecule has 0 unspecified atom stereocenters. The van der Waals surface area contributed by atoms with Gasteiger partial charge >= 0.3 is 0 Å². The number of thiophene rings is 1. The maximum atomic E-state index is 11.8. The van der Waals surface area contributed by atoms with E-state index in [1.54, 1.807) is 13.2 Å². The first-order chi connectivity index (χ1) is 11.3. The normalized spacial score (nSPS) is 10.5. The predicted molar refractivity (Wildman–Crippen MR) is 86.6 cm³/mol. The summed E-state index contributed by atoms with van der Waals surface area (Å²) in [5.41, 5.74) is 1.52. The minimum Gasteiger partial charge on any atom is -0.497 e. The van der Waals surface area contributed by atoms with Crippen molar-refractivity contribution in [3.63, 3.8) is 0 Å². The highest BCUT2D eigenvalue weighted by Crippen LogP contribution is 2.19. The number of hydrogen-bond acceptors (Lipinski definition) is 6. The summed E-state index contributed by atoms with van der Waals surface area (Å²) in [6, 6.07) is 9.20. The van der Waals surface area contributed by atoms with Crippen LogP contribution in [-0.4, -0.2) is 29.7 Å². The lowest BCUT2D eigenvalue weighted by atomic mass is 10.2. The minimum atomic E-state index is -0.0962. The lowest BCUT2D eigenvalue weighted by molar-refractivity contribution is 0.0954. The zero-order chi connectivity index (χ0) is 16.1. The second kappa shape index (κ2) is 7.06. The molecular formula is C16H15N3O3S. The zero-order valence-corrected chi connectivity index (χ0v) is 13.3. The van der Waals surface area contributed by atoms with Crippen LogP contribution in [0.1, 0.15) is 16.2 Å². The van der Waals surface area contributed by atoms with E-state index in [0.717, 1.165) is 11.3 Å². The number of methoxy groups -OCH3 is 1. The van der Waals surface area contributed by atoms with Crippen LogP contribution in [0.15, 0.2) is 45.6 Å². The van der Waals surface area contributed by atoms with Crippen molar-refractivity contribution in [2.24, 2.45) is 0 Å². The number of hydrogen-bond donors (Lipinski definition) is 1. The summed E-state index contributed by atoms with van der Waals surface area (Å²) in [6.07, 6.45) is 0.485. The molecule has 1 N–H and O–H groups in total. The number of aromatic nitrogens is 2. The lowest BCUT2D eigenvalue weighted by Crippen LogP contribution is -2.25. The largest absolute Gasteiger partial charge is 0.497 e. The second-order valence-corrected chi connectivity index (χ2v) is 5.54. The van der Waals surface area contributed by atoms with Crippen LogP contribution in [0.3, 0.4) is 0 Å². The number of ether oxygens (including phenoxy) is 1. The van der Waals surface area contributed by atoms with Crippen LogP contribution >= 0.6 is 11.3 Å². The van der Waals surface area contributed by atoms with E-state index >= 15 is 0 Å². The van der Waals surface area contributed by atoms with Gasteiger partial charge in [-0.2, -0.15) is 16.3 Å². The number of rotatable bonds is 6. The van der Waals surface area contributed by atoms with E-state index in [4.69, 9.17) is 9.26 Å². The fourth-order valence-corrected chi connectivity index (χ4v) is 2.63. The fourth-order valence-electron chi connectivity index (χ4n) is 1.99. The molecule has 23 heavy (non-hydrogen) atoms. The van der Waals surface area contributed by atoms with Crippen molar-refractivity contribution in [2.75, 3.05) is 13.7 Å². The first-order valence-corrected chi connectivity index (χ1v) is 7.98. The van der Waals surface area contributed by atoms with Gasteiger partial charge in [0.1, 0.15) is 5.75 Å². The van der Waals surface area contributed by atoms with Crippen LogP contribution < -0.4 is 10.1 Å². The van der Waals surface area contributed by atoms with Gasteiger partial charge in [0, 0.05) is 29.5 Å². The lowest BCUT2D eigenvalue weighted by Gasteiger charge is -2.00. The molecule has 0 saturated heterocycles. The molecule has 0 atom stereocenters. The van der Waals surface area contributed by atoms with E-state index in [1.165, 1.54) is 11.3 Å². The van der Waals surface area contributed by atoms with Crippen LogP contribution in [0.25, 0.3) is 11.4 Å². The number of carbonyl (C=O) groups excluding carboxylic acids is 1. The Bertz CT molecular complexity index is 766. The van der Waals surface area contributed by atoms with Crippen LogP contribution in [0.4, 0.5) is 0 Å². The summed E-state index contributed by atoms with van der Waals surface area (Å²) in [7, 11) is 1.62. The number of benzene rings is 1. The van der Waals surface area contributed by atoms with Crippen LogP contribution in [0, 0.1) is 0 Å². The van der Waals surface area contributed by atoms with Crippen molar-refractivity contribution in [3.05, 3.63) is 52.5 Å². The van der Waals surface area contributed by atoms with E-state index in [9.17, 15) is 4.79 Å². The molecule has 0 spiro atoms. The highest BCUT2D eigenvalue weighted by Gasteiger charge is 2.10. The first kappa shape index (κ1) is 15.2. The van der Waals surface area contributed by atoms with Crippen LogP contribution in [-0.2, 0) is 6.42 Å². The average Bonchev–Trinajstić information content (AvgIpc) is 3.27. The van der Waals surface area contributed by atoms with Crippen molar-refractivity contribution in [1.82, 2.24) is 15.5 Å². The van der Waals surface area contributed by atoms with Gasteiger partial charge in [-0.1, -0.05) is 5.16 Å². The molecule has 118 valence electrons. The maximum absolute atomic E-state index is 11.8. The molecule has 0 aliphatic carbocycles. The van der Waals surface area contributed by atoms with Gasteiger partial charge in [-0.05, 0) is 35.7 Å². The maximum Gasteiger partial charge on any atom is 0.252 e. The summed E-state index contributed by atoms with van der Waals surface area (Å²) in [6.45, 7) is 0.443. The van der Waals surface area contributed by atoms with Gasteiger partial charge in [0.05, 0.1) is 7.11 Å². The van der Waals surface area contributed by atoms with Crippen molar-refractivity contribution in [2.45, 2.75) is 6.42 Å². The molecule has 0 aliphatic heterocycles. The Kier molecular flexibility index (Phi) is 4.68. The van der Waals surface area contributed by atoms with Gasteiger partial charge in [0.15, 0.2) is 0 Å². The van der Waals surface area contributed by atoms with E-state index in [1.807, 2.05) is 35.0 Å². The van der Waals surface area contributed by atoms with E-state index in [0.29, 0.717) is 30.2 Å². The number of nitrogens with zero attached hydrogens (tertiary/aromatic N) is 2. The molecule has 0 bridgehead atoms. The van der Waals surface area contributed by atoms with E-state index in [2.05, 4.69) is 15.5 Å². The molecule has 1 amide bonds. The van der Waals surface area contributed by atoms with E-state index in [-0.39, 0.29) is 5.91 Å². The molecule has 2 aromatic heterocycles. The molecule has 0 fully saturated rings.